The smallest absolute Gasteiger partial charge is 0.416 e. The van der Waals surface area contributed by atoms with E-state index in [1.807, 2.05) is 51.1 Å². The van der Waals surface area contributed by atoms with Crippen molar-refractivity contribution in [3.8, 4) is 0 Å². The van der Waals surface area contributed by atoms with Crippen LogP contribution in [0.5, 0.6) is 0 Å². The number of aliphatic hydroxyl groups is 2. The van der Waals surface area contributed by atoms with E-state index in [4.69, 9.17) is 54.7 Å². The number of nitrogens with zero attached hydrogens (tertiary/aromatic N) is 3. The van der Waals surface area contributed by atoms with Crippen molar-refractivity contribution in [3.63, 3.8) is 0 Å². The van der Waals surface area contributed by atoms with E-state index in [0.717, 1.165) is 83.9 Å². The van der Waals surface area contributed by atoms with Gasteiger partial charge in [-0.2, -0.15) is 44.5 Å². The summed E-state index contributed by atoms with van der Waals surface area (Å²) < 4.78 is 128. The van der Waals surface area contributed by atoms with E-state index in [1.54, 1.807) is 47.4 Å². The molecular weight excluding hydrogens is 1570 g/mol. The van der Waals surface area contributed by atoms with Gasteiger partial charge in [0.25, 0.3) is 0 Å². The number of piperidine rings is 3. The Balaban J connectivity index is 0.000000402. The van der Waals surface area contributed by atoms with Crippen molar-refractivity contribution in [1.29, 1.82) is 0 Å². The number of halogens is 13. The Morgan fingerprint density at radius 2 is 0.857 bits per heavy atom. The van der Waals surface area contributed by atoms with Crippen molar-refractivity contribution >= 4 is 112 Å². The first-order chi connectivity index (χ1) is 51.3. The third-order valence-corrected chi connectivity index (χ3v) is 18.8. The second-order valence-electron chi connectivity index (χ2n) is 26.5. The van der Waals surface area contributed by atoms with Crippen LogP contribution in [0.3, 0.4) is 0 Å². The lowest BCUT2D eigenvalue weighted by Gasteiger charge is -2.40. The van der Waals surface area contributed by atoms with Gasteiger partial charge in [-0.05, 0) is 180 Å². The number of aliphatic hydroxyl groups excluding tert-OH is 2. The van der Waals surface area contributed by atoms with Crippen molar-refractivity contribution in [2.45, 2.75) is 124 Å². The lowest BCUT2D eigenvalue weighted by Crippen LogP contribution is -2.55. The van der Waals surface area contributed by atoms with E-state index < -0.39 is 93.7 Å². The molecule has 112 heavy (non-hydrogen) atoms. The van der Waals surface area contributed by atoms with Crippen LogP contribution in [0.1, 0.15) is 108 Å². The number of carbonyl (C=O) groups is 7. The lowest BCUT2D eigenvalue weighted by molar-refractivity contribution is -0.144. The van der Waals surface area contributed by atoms with Gasteiger partial charge in [0, 0.05) is 72.3 Å². The highest BCUT2D eigenvalue weighted by atomic mass is 35.5. The fourth-order valence-corrected chi connectivity index (χ4v) is 11.7. The maximum Gasteiger partial charge on any atom is 0.416 e. The van der Waals surface area contributed by atoms with Crippen LogP contribution in [-0.2, 0) is 76.3 Å². The van der Waals surface area contributed by atoms with Gasteiger partial charge in [-0.3, -0.25) is 29.8 Å². The number of hydrogen-bond donors (Lipinski definition) is 9. The first-order valence-corrected chi connectivity index (χ1v) is 35.0. The maximum atomic E-state index is 13.3. The summed E-state index contributed by atoms with van der Waals surface area (Å²) in [7, 11) is 0. The molecule has 9 rings (SSSR count). The molecule has 6 aromatic carbocycles. The quantitative estimate of drug-likeness (QED) is 0.0158. The number of ether oxygens (including phenoxy) is 3. The fourth-order valence-electron chi connectivity index (χ4n) is 11.1. The Hall–Kier alpha value is -9.24. The molecule has 6 aromatic rings. The number of amides is 7. The van der Waals surface area contributed by atoms with Crippen LogP contribution in [0.15, 0.2) is 151 Å². The first-order valence-electron chi connectivity index (χ1n) is 33.8. The highest BCUT2D eigenvalue weighted by Gasteiger charge is 2.46. The second-order valence-corrected chi connectivity index (χ2v) is 27.7. The van der Waals surface area contributed by atoms with Crippen molar-refractivity contribution in [1.82, 2.24) is 31.1 Å². The van der Waals surface area contributed by atoms with E-state index in [2.05, 4.69) is 36.9 Å². The minimum absolute atomic E-state index is 0. The number of hydrogen-bond acceptors (Lipinski definition) is 16. The molecule has 3 fully saturated rings. The van der Waals surface area contributed by atoms with Crippen LogP contribution >= 0.6 is 47.2 Å². The largest absolute Gasteiger partial charge is 0.448 e. The van der Waals surface area contributed by atoms with Crippen molar-refractivity contribution in [2.24, 2.45) is 27.0 Å². The summed E-state index contributed by atoms with van der Waals surface area (Å²) in [4.78, 5) is 104. The standard InChI is InChI=1S/C25H28ClF3N4O5.C22H23ClF3N3O3.C19H27ClN2O4.C8H4F3NO.2CH4.ClH/c26-19-4-2-1-3-16(19)13-31-22(36)24(9-11-33(12-10-24)21(35)20(30)14-34)15-38-23(37)32-18-7-5-17(6-8-18)25(27,28)29;23-18-4-2-1-3-15(18)13-28-19(30)21(9-11-27-12-10-21)14-32-20(31)29-17-7-5-16(6-8-17)22(24,25)26;1-18(2,3)26-17(25)22-10-8-19(13-23,9-11-22)16(24)21-12-14-6-4-5-7-15(14)20;9-8(10,11)6-1-3-7(4-2-6)12-5-13;;;/h1-8,20,34H,9-15,30H2,(H,31,36)(H,32,37);1-8,27H,9-14H2,(H,28,30)(H,29,31);4-7,23H,8-13H2,1-3H3,(H,21,24);1-4H;2*1H4;1H/t20-;;;;;;/m0....../s1. The van der Waals surface area contributed by atoms with Crippen LogP contribution in [0.4, 0.5) is 71.0 Å². The van der Waals surface area contributed by atoms with E-state index in [0.29, 0.717) is 79.0 Å². The van der Waals surface area contributed by atoms with E-state index in [-0.39, 0.29) is 121 Å². The Labute approximate surface area is 663 Å². The number of nitrogens with two attached hydrogens (primary N) is 1. The Kier molecular flexibility index (Phi) is 38.3. The van der Waals surface area contributed by atoms with Crippen LogP contribution in [-0.4, -0.2) is 145 Å². The van der Waals surface area contributed by atoms with Gasteiger partial charge in [-0.15, -0.1) is 12.4 Å². The van der Waals surface area contributed by atoms with Gasteiger partial charge in [0.15, 0.2) is 0 Å². The van der Waals surface area contributed by atoms with Gasteiger partial charge in [-0.25, -0.2) is 19.2 Å². The summed E-state index contributed by atoms with van der Waals surface area (Å²) in [5.41, 5.74) is 2.29. The normalized spacial score (nSPS) is 15.0. The zero-order chi connectivity index (χ0) is 80.4. The molecule has 23 nitrogen and oxygen atoms in total. The molecule has 3 saturated heterocycles. The van der Waals surface area contributed by atoms with Gasteiger partial charge < -0.3 is 61.2 Å². The molecule has 3 aliphatic rings. The number of benzene rings is 6. The predicted octanol–water partition coefficient (Wildman–Crippen LogP) is 15.1. The number of rotatable bonds is 19. The van der Waals surface area contributed by atoms with Gasteiger partial charge in [0.1, 0.15) is 24.9 Å². The second kappa shape index (κ2) is 44.3. The van der Waals surface area contributed by atoms with Crippen LogP contribution in [0, 0.1) is 16.2 Å². The molecule has 1 atom stereocenters. The molecular formula is C76H91Cl4F9N10O13. The van der Waals surface area contributed by atoms with Crippen molar-refractivity contribution in [2.75, 3.05) is 76.3 Å². The molecule has 3 aliphatic heterocycles. The van der Waals surface area contributed by atoms with E-state index in [1.165, 1.54) is 11.0 Å². The lowest BCUT2D eigenvalue weighted by atomic mass is 9.78. The minimum atomic E-state index is -4.51. The average Bonchev–Trinajstić information content (AvgIpc) is 0.796. The molecule has 3 heterocycles. The molecule has 0 spiro atoms. The number of carbonyl (C=O) groups excluding carboxylic acids is 8. The molecule has 10 N–H and O–H groups in total. The Bertz CT molecular complexity index is 4080. The molecule has 0 aromatic heterocycles. The van der Waals surface area contributed by atoms with Gasteiger partial charge >= 0.3 is 36.8 Å². The number of anilines is 2. The number of alkyl halides is 9. The molecule has 0 unspecified atom stereocenters. The average molecular weight is 1670 g/mol. The summed E-state index contributed by atoms with van der Waals surface area (Å²) in [5.74, 6) is -1.35. The van der Waals surface area contributed by atoms with Crippen LogP contribution < -0.4 is 37.6 Å². The summed E-state index contributed by atoms with van der Waals surface area (Å²) in [5, 5.41) is 37.1. The zero-order valence-electron chi connectivity index (χ0n) is 59.6. The molecule has 0 bridgehead atoms. The maximum absolute atomic E-state index is 13.3. The van der Waals surface area contributed by atoms with Gasteiger partial charge in [0.2, 0.25) is 29.7 Å². The Morgan fingerprint density at radius 3 is 1.19 bits per heavy atom. The molecule has 0 radical (unpaired) electrons. The zero-order valence-corrected chi connectivity index (χ0v) is 62.7. The molecule has 7 amide bonds. The highest BCUT2D eigenvalue weighted by Crippen LogP contribution is 2.37. The number of isocyanates is 1. The van der Waals surface area contributed by atoms with Crippen LogP contribution in [0.25, 0.3) is 0 Å². The fraction of sp³-hybridized carbons (Fsp3) is 0.421. The minimum Gasteiger partial charge on any atom is -0.448 e. The van der Waals surface area contributed by atoms with Crippen molar-refractivity contribution in [3.05, 3.63) is 194 Å². The SMILES string of the molecule is C.C.CC(C)(C)OC(=O)N1CCC(CO)(C(=O)NCc2ccccc2Cl)CC1.Cl.N[C@@H](CO)C(=O)N1CCC(COC(=O)Nc2ccc(C(F)(F)F)cc2)(C(=O)NCc2ccccc2Cl)CC1.O=C(Nc1ccc(C(F)(F)F)cc1)OCC1(C(=O)NCc2ccccc2Cl)CCNCC1.O=C=Nc1ccc(C(F)(F)F)cc1. The molecule has 614 valence electrons. The molecule has 0 aliphatic carbocycles. The molecule has 36 heteroatoms. The topological polar surface area (TPSA) is 322 Å². The number of aliphatic imine (C=N–C) groups is 1. The molecule has 0 saturated carbocycles. The van der Waals surface area contributed by atoms with E-state index in [9.17, 15) is 88.1 Å². The number of likely N-dealkylation sites (tertiary alicyclic amines) is 2. The van der Waals surface area contributed by atoms with Crippen LogP contribution in [0.2, 0.25) is 15.1 Å². The van der Waals surface area contributed by atoms with Gasteiger partial charge in [0.05, 0.1) is 51.8 Å². The Morgan fingerprint density at radius 1 is 0.527 bits per heavy atom. The first kappa shape index (κ1) is 97.0. The van der Waals surface area contributed by atoms with Gasteiger partial charge in [-0.1, -0.05) is 104 Å². The monoisotopic (exact) mass is 1660 g/mol. The highest BCUT2D eigenvalue weighted by molar-refractivity contribution is 6.32. The van der Waals surface area contributed by atoms with E-state index >= 15 is 0 Å². The number of nitrogens with one attached hydrogen (secondary N) is 6. The summed E-state index contributed by atoms with van der Waals surface area (Å²) in [6, 6.07) is 32.1. The summed E-state index contributed by atoms with van der Waals surface area (Å²) >= 11 is 18.4. The predicted molar refractivity (Wildman–Crippen MR) is 407 cm³/mol. The third-order valence-electron chi connectivity index (χ3n) is 17.7. The van der Waals surface area contributed by atoms with Crippen molar-refractivity contribution < 1.29 is 102 Å². The summed E-state index contributed by atoms with van der Waals surface area (Å²) in [6.45, 7) is 7.01. The summed E-state index contributed by atoms with van der Waals surface area (Å²) in [6.07, 6.45) is -12.3. The third kappa shape index (κ3) is 29.7.